The van der Waals surface area contributed by atoms with Crippen LogP contribution < -0.4 is 0 Å². The summed E-state index contributed by atoms with van der Waals surface area (Å²) in [5.74, 6) is -0.116. The lowest BCUT2D eigenvalue weighted by Crippen LogP contribution is -2.28. The van der Waals surface area contributed by atoms with Crippen LogP contribution in [-0.4, -0.2) is 31.9 Å². The van der Waals surface area contributed by atoms with E-state index in [1.165, 1.54) is 141 Å². The molecule has 0 amide bonds. The van der Waals surface area contributed by atoms with Gasteiger partial charge in [-0.25, -0.2) is 0 Å². The molecule has 0 saturated carbocycles. The van der Waals surface area contributed by atoms with E-state index in [-0.39, 0.29) is 12.1 Å². The fourth-order valence-electron chi connectivity index (χ4n) is 5.79. The molecule has 0 N–H and O–H groups in total. The molecule has 1 aromatic rings. The molecule has 0 spiro atoms. The van der Waals surface area contributed by atoms with Gasteiger partial charge in [-0.3, -0.25) is 4.79 Å². The summed E-state index contributed by atoms with van der Waals surface area (Å²) < 4.78 is 17.7. The quantitative estimate of drug-likeness (QED) is 0.0571. The molecule has 0 unspecified atom stereocenters. The molecule has 1 rings (SSSR count). The molecular weight excluding hydrogens is 544 g/mol. The summed E-state index contributed by atoms with van der Waals surface area (Å²) >= 11 is 0. The SMILES string of the molecule is CCCCCCCCCCCCCCCCOC[C@@H](COCc1ccccc1)OC(=O)CCCCCCCCCCCCC. The summed E-state index contributed by atoms with van der Waals surface area (Å²) in [5, 5.41) is 0. The molecular formula is C40H72O4. The summed E-state index contributed by atoms with van der Waals surface area (Å²) in [7, 11) is 0. The topological polar surface area (TPSA) is 44.8 Å². The van der Waals surface area contributed by atoms with Gasteiger partial charge >= 0.3 is 5.97 Å². The van der Waals surface area contributed by atoms with E-state index < -0.39 is 0 Å². The molecule has 44 heavy (non-hydrogen) atoms. The van der Waals surface area contributed by atoms with Gasteiger partial charge in [0.25, 0.3) is 0 Å². The number of esters is 1. The molecule has 1 aromatic carbocycles. The van der Waals surface area contributed by atoms with Crippen LogP contribution in [0.2, 0.25) is 0 Å². The lowest BCUT2D eigenvalue weighted by atomic mass is 10.0. The molecule has 0 aromatic heterocycles. The first-order valence-electron chi connectivity index (χ1n) is 19.1. The van der Waals surface area contributed by atoms with Crippen LogP contribution in [0.25, 0.3) is 0 Å². The Morgan fingerprint density at radius 1 is 0.523 bits per heavy atom. The third-order valence-electron chi connectivity index (χ3n) is 8.64. The molecule has 0 fully saturated rings. The Bertz CT molecular complexity index is 707. The van der Waals surface area contributed by atoms with Crippen molar-refractivity contribution in [2.75, 3.05) is 19.8 Å². The minimum absolute atomic E-state index is 0.116. The summed E-state index contributed by atoms with van der Waals surface area (Å²) in [6.07, 6.45) is 33.1. The molecule has 4 nitrogen and oxygen atoms in total. The number of carbonyl (C=O) groups is 1. The highest BCUT2D eigenvalue weighted by atomic mass is 16.6. The first-order valence-corrected chi connectivity index (χ1v) is 19.1. The van der Waals surface area contributed by atoms with Crippen molar-refractivity contribution in [1.82, 2.24) is 0 Å². The van der Waals surface area contributed by atoms with Crippen LogP contribution in [0.1, 0.15) is 186 Å². The van der Waals surface area contributed by atoms with Crippen LogP contribution in [0.5, 0.6) is 0 Å². The van der Waals surface area contributed by atoms with Gasteiger partial charge in [0.1, 0.15) is 6.10 Å². The van der Waals surface area contributed by atoms with E-state index in [0.717, 1.165) is 31.4 Å². The van der Waals surface area contributed by atoms with Gasteiger partial charge in [-0.15, -0.1) is 0 Å². The van der Waals surface area contributed by atoms with Gasteiger partial charge in [0, 0.05) is 13.0 Å². The minimum Gasteiger partial charge on any atom is -0.457 e. The van der Waals surface area contributed by atoms with Gasteiger partial charge < -0.3 is 14.2 Å². The van der Waals surface area contributed by atoms with Gasteiger partial charge in [-0.05, 0) is 18.4 Å². The summed E-state index contributed by atoms with van der Waals surface area (Å²) in [6.45, 7) is 6.59. The maximum atomic E-state index is 12.6. The van der Waals surface area contributed by atoms with Crippen molar-refractivity contribution in [2.45, 2.75) is 193 Å². The van der Waals surface area contributed by atoms with Crippen molar-refractivity contribution >= 4 is 5.97 Å². The van der Waals surface area contributed by atoms with Crippen LogP contribution in [-0.2, 0) is 25.6 Å². The Hall–Kier alpha value is -1.39. The van der Waals surface area contributed by atoms with Crippen molar-refractivity contribution in [3.63, 3.8) is 0 Å². The molecule has 0 saturated heterocycles. The Labute approximate surface area is 273 Å². The van der Waals surface area contributed by atoms with Crippen LogP contribution in [0.15, 0.2) is 30.3 Å². The van der Waals surface area contributed by atoms with Crippen LogP contribution >= 0.6 is 0 Å². The Morgan fingerprint density at radius 2 is 0.932 bits per heavy atom. The van der Waals surface area contributed by atoms with E-state index in [4.69, 9.17) is 14.2 Å². The molecule has 0 radical (unpaired) electrons. The van der Waals surface area contributed by atoms with Gasteiger partial charge in [-0.2, -0.15) is 0 Å². The first-order chi connectivity index (χ1) is 21.8. The van der Waals surface area contributed by atoms with E-state index in [1.807, 2.05) is 18.2 Å². The number of unbranched alkanes of at least 4 members (excludes halogenated alkanes) is 23. The molecule has 0 aliphatic carbocycles. The van der Waals surface area contributed by atoms with Crippen LogP contribution in [0.4, 0.5) is 0 Å². The van der Waals surface area contributed by atoms with Crippen molar-refractivity contribution in [3.05, 3.63) is 35.9 Å². The van der Waals surface area contributed by atoms with E-state index in [1.54, 1.807) is 0 Å². The Morgan fingerprint density at radius 3 is 1.41 bits per heavy atom. The zero-order valence-electron chi connectivity index (χ0n) is 29.3. The molecule has 0 aliphatic heterocycles. The molecule has 0 aliphatic rings. The second-order valence-electron chi connectivity index (χ2n) is 13.1. The van der Waals surface area contributed by atoms with Crippen LogP contribution in [0, 0.1) is 0 Å². The van der Waals surface area contributed by atoms with E-state index >= 15 is 0 Å². The third kappa shape index (κ3) is 28.1. The largest absolute Gasteiger partial charge is 0.457 e. The molecule has 0 heterocycles. The summed E-state index contributed by atoms with van der Waals surface area (Å²) in [4.78, 5) is 12.6. The number of ether oxygens (including phenoxy) is 3. The highest BCUT2D eigenvalue weighted by Gasteiger charge is 2.15. The second-order valence-corrected chi connectivity index (χ2v) is 13.1. The summed E-state index contributed by atoms with van der Waals surface area (Å²) in [6, 6.07) is 10.2. The fourth-order valence-corrected chi connectivity index (χ4v) is 5.79. The molecule has 4 heteroatoms. The molecule has 1 atom stereocenters. The van der Waals surface area contributed by atoms with Crippen molar-refractivity contribution in [3.8, 4) is 0 Å². The second kappa shape index (κ2) is 33.0. The highest BCUT2D eigenvalue weighted by molar-refractivity contribution is 5.69. The summed E-state index contributed by atoms with van der Waals surface area (Å²) in [5.41, 5.74) is 1.13. The van der Waals surface area contributed by atoms with E-state index in [2.05, 4.69) is 26.0 Å². The number of hydrogen-bond acceptors (Lipinski definition) is 4. The van der Waals surface area contributed by atoms with Crippen LogP contribution in [0.3, 0.4) is 0 Å². The van der Waals surface area contributed by atoms with Crippen molar-refractivity contribution in [2.24, 2.45) is 0 Å². The molecule has 256 valence electrons. The average molecular weight is 617 g/mol. The maximum absolute atomic E-state index is 12.6. The maximum Gasteiger partial charge on any atom is 0.306 e. The van der Waals surface area contributed by atoms with Gasteiger partial charge in [-0.1, -0.05) is 192 Å². The predicted octanol–water partition coefficient (Wildman–Crippen LogP) is 12.3. The van der Waals surface area contributed by atoms with Gasteiger partial charge in [0.05, 0.1) is 19.8 Å². The Kier molecular flexibility index (Phi) is 30.5. The molecule has 0 bridgehead atoms. The number of hydrogen-bond donors (Lipinski definition) is 0. The lowest BCUT2D eigenvalue weighted by Gasteiger charge is -2.18. The highest BCUT2D eigenvalue weighted by Crippen LogP contribution is 2.14. The minimum atomic E-state index is -0.342. The lowest BCUT2D eigenvalue weighted by molar-refractivity contribution is -0.156. The monoisotopic (exact) mass is 617 g/mol. The standard InChI is InChI=1S/C40H72O4/c1-3-5-7-9-11-13-15-16-17-19-21-23-25-30-34-42-36-39(37-43-35-38-31-27-26-28-32-38)44-40(41)33-29-24-22-20-18-14-12-10-8-6-4-2/h26-28,31-32,39H,3-25,29-30,33-37H2,1-2H3/t39-/m0/s1. The first kappa shape index (κ1) is 40.6. The third-order valence-corrected chi connectivity index (χ3v) is 8.64. The average Bonchev–Trinajstić information content (AvgIpc) is 3.03. The zero-order valence-corrected chi connectivity index (χ0v) is 29.3. The van der Waals surface area contributed by atoms with E-state index in [0.29, 0.717) is 26.2 Å². The smallest absolute Gasteiger partial charge is 0.306 e. The number of rotatable bonds is 34. The number of benzene rings is 1. The van der Waals surface area contributed by atoms with E-state index in [9.17, 15) is 4.79 Å². The predicted molar refractivity (Wildman–Crippen MR) is 188 cm³/mol. The number of carbonyl (C=O) groups excluding carboxylic acids is 1. The van der Waals surface area contributed by atoms with Crippen molar-refractivity contribution in [1.29, 1.82) is 0 Å². The van der Waals surface area contributed by atoms with Gasteiger partial charge in [0.15, 0.2) is 0 Å². The fraction of sp³-hybridized carbons (Fsp3) is 0.825. The Balaban J connectivity index is 2.11. The van der Waals surface area contributed by atoms with Gasteiger partial charge in [0.2, 0.25) is 0 Å². The normalized spacial score (nSPS) is 12.0. The van der Waals surface area contributed by atoms with Crippen molar-refractivity contribution < 1.29 is 19.0 Å². The zero-order chi connectivity index (χ0) is 31.6.